The van der Waals surface area contributed by atoms with E-state index < -0.39 is 158 Å². The predicted octanol–water partition coefficient (Wildman–Crippen LogP) is -5.31. The second-order valence-electron chi connectivity index (χ2n) is 14.5. The molecule has 1 aliphatic heterocycles. The molecule has 1 aromatic heterocycles. The Balaban J connectivity index is 2.29. The Morgan fingerprint density at radius 1 is 0.635 bits per heavy atom. The topological polar surface area (TPSA) is 437 Å². The number of nitrogens with one attached hydrogen (secondary N) is 9. The van der Waals surface area contributed by atoms with E-state index in [9.17, 15) is 72.9 Å². The number of aromatic amines is 1. The van der Waals surface area contributed by atoms with Crippen molar-refractivity contribution < 1.29 is 78.0 Å². The van der Waals surface area contributed by atoms with E-state index in [0.29, 0.717) is 19.4 Å². The molecule has 1 aliphatic rings. The van der Waals surface area contributed by atoms with Gasteiger partial charge >= 0.3 is 23.9 Å². The third-order valence-corrected chi connectivity index (χ3v) is 9.34. The van der Waals surface area contributed by atoms with E-state index in [4.69, 9.17) is 10.8 Å². The van der Waals surface area contributed by atoms with Crippen molar-refractivity contribution >= 4 is 71.1 Å². The van der Waals surface area contributed by atoms with E-state index in [1.165, 1.54) is 12.5 Å². The maximum Gasteiger partial charge on any atom is 0.325 e. The van der Waals surface area contributed by atoms with Crippen LogP contribution in [0.15, 0.2) is 12.5 Å². The molecule has 0 bridgehead atoms. The van der Waals surface area contributed by atoms with E-state index in [2.05, 4.69) is 52.5 Å². The summed E-state index contributed by atoms with van der Waals surface area (Å²) >= 11 is 0. The van der Waals surface area contributed by atoms with Crippen molar-refractivity contribution in [2.24, 2.45) is 5.73 Å². The van der Waals surface area contributed by atoms with Crippen molar-refractivity contribution in [1.82, 2.24) is 52.5 Å². The summed E-state index contributed by atoms with van der Waals surface area (Å²) in [7, 11) is 0. The zero-order valence-corrected chi connectivity index (χ0v) is 34.3. The van der Waals surface area contributed by atoms with Crippen molar-refractivity contribution in [3.8, 4) is 0 Å². The van der Waals surface area contributed by atoms with Gasteiger partial charge in [0.05, 0.1) is 24.5 Å². The molecule has 0 saturated carbocycles. The van der Waals surface area contributed by atoms with Crippen LogP contribution in [-0.2, 0) is 64.0 Å². The summed E-state index contributed by atoms with van der Waals surface area (Å²) in [5.41, 5.74) is 5.49. The third kappa shape index (κ3) is 19.0. The SMILES string of the molecule is C[C@H](NC(=O)[C@H](Cc1c[nH]cn1)NC(=O)[C@H](CCC(=O)O)NC(=O)[C@H](CCC(N)=O)NC(=O)[C@H](CC(=O)O)NC(=O)[C@H](C)NC(=O)[C@H](CCC(=O)O)NC(=O)[C@@H]1CCCN1)C(=O)O. The van der Waals surface area contributed by atoms with Gasteiger partial charge in [0.25, 0.3) is 0 Å². The number of rotatable bonds is 28. The molecule has 27 nitrogen and oxygen atoms in total. The second-order valence-corrected chi connectivity index (χ2v) is 14.5. The van der Waals surface area contributed by atoms with E-state index in [-0.39, 0.29) is 18.5 Å². The molecule has 0 unspecified atom stereocenters. The summed E-state index contributed by atoms with van der Waals surface area (Å²) < 4.78 is 0. The van der Waals surface area contributed by atoms with Gasteiger partial charge in [-0.1, -0.05) is 0 Å². The average Bonchev–Trinajstić information content (AvgIpc) is 3.94. The molecular weight excluding hydrogens is 842 g/mol. The lowest BCUT2D eigenvalue weighted by atomic mass is 10.0. The molecule has 0 radical (unpaired) electrons. The molecule has 1 fully saturated rings. The Hall–Kier alpha value is -7.19. The van der Waals surface area contributed by atoms with Gasteiger partial charge in [0.1, 0.15) is 42.3 Å². The highest BCUT2D eigenvalue weighted by Crippen LogP contribution is 2.09. The van der Waals surface area contributed by atoms with E-state index in [1.54, 1.807) is 0 Å². The van der Waals surface area contributed by atoms with Crippen LogP contribution in [0.4, 0.5) is 0 Å². The number of carbonyl (C=O) groups excluding carboxylic acids is 8. The monoisotopic (exact) mass is 895 g/mol. The van der Waals surface area contributed by atoms with Crippen LogP contribution in [0.5, 0.6) is 0 Å². The summed E-state index contributed by atoms with van der Waals surface area (Å²) in [6, 6.07) is -12.0. The Bertz CT molecular complexity index is 1850. The third-order valence-electron chi connectivity index (χ3n) is 9.34. The summed E-state index contributed by atoms with van der Waals surface area (Å²) in [4.78, 5) is 157. The first-order chi connectivity index (χ1) is 29.6. The molecule has 15 N–H and O–H groups in total. The fraction of sp³-hybridized carbons (Fsp3) is 0.583. The Labute approximate surface area is 358 Å². The first-order valence-electron chi connectivity index (χ1n) is 19.6. The first kappa shape index (κ1) is 51.9. The highest BCUT2D eigenvalue weighted by Gasteiger charge is 2.35. The zero-order chi connectivity index (χ0) is 47.4. The van der Waals surface area contributed by atoms with E-state index >= 15 is 0 Å². The lowest BCUT2D eigenvalue weighted by molar-refractivity contribution is -0.142. The number of hydrogen-bond donors (Lipinski definition) is 14. The summed E-state index contributed by atoms with van der Waals surface area (Å²) in [6.45, 7) is 2.83. The number of carbonyl (C=O) groups is 12. The molecule has 63 heavy (non-hydrogen) atoms. The Morgan fingerprint density at radius 2 is 1.11 bits per heavy atom. The molecule has 348 valence electrons. The molecular formula is C36H53N11O16. The number of carboxylic acids is 4. The van der Waals surface area contributed by atoms with Gasteiger partial charge < -0.3 is 73.7 Å². The molecule has 1 saturated heterocycles. The maximum absolute atomic E-state index is 13.7. The largest absolute Gasteiger partial charge is 0.481 e. The minimum atomic E-state index is -1.96. The average molecular weight is 896 g/mol. The van der Waals surface area contributed by atoms with Gasteiger partial charge in [0, 0.05) is 31.9 Å². The predicted molar refractivity (Wildman–Crippen MR) is 210 cm³/mol. The lowest BCUT2D eigenvalue weighted by Gasteiger charge is -2.27. The number of nitrogens with zero attached hydrogens (tertiary/aromatic N) is 1. The maximum atomic E-state index is 13.7. The molecule has 2 heterocycles. The second kappa shape index (κ2) is 25.6. The molecule has 2 rings (SSSR count). The number of amides is 8. The van der Waals surface area contributed by atoms with Crippen molar-refractivity contribution in [3.05, 3.63) is 18.2 Å². The molecule has 0 aromatic carbocycles. The number of aromatic nitrogens is 2. The minimum Gasteiger partial charge on any atom is -0.481 e. The van der Waals surface area contributed by atoms with E-state index in [0.717, 1.165) is 13.8 Å². The number of imidazole rings is 1. The summed E-state index contributed by atoms with van der Waals surface area (Å²) in [5, 5.41) is 56.0. The zero-order valence-electron chi connectivity index (χ0n) is 34.3. The molecule has 8 atom stereocenters. The molecule has 0 aliphatic carbocycles. The van der Waals surface area contributed by atoms with Crippen LogP contribution >= 0.6 is 0 Å². The number of nitrogens with two attached hydrogens (primary N) is 1. The van der Waals surface area contributed by atoms with Crippen molar-refractivity contribution in [1.29, 1.82) is 0 Å². The molecule has 8 amide bonds. The first-order valence-corrected chi connectivity index (χ1v) is 19.6. The van der Waals surface area contributed by atoms with Crippen molar-refractivity contribution in [2.45, 2.75) is 126 Å². The van der Waals surface area contributed by atoms with Gasteiger partial charge in [0.15, 0.2) is 0 Å². The van der Waals surface area contributed by atoms with Crippen LogP contribution in [0.1, 0.15) is 77.3 Å². The molecule has 0 spiro atoms. The fourth-order valence-corrected chi connectivity index (χ4v) is 5.88. The number of carboxylic acid groups (broad SMARTS) is 4. The van der Waals surface area contributed by atoms with Gasteiger partial charge in [-0.05, 0) is 52.5 Å². The summed E-state index contributed by atoms with van der Waals surface area (Å²) in [6.07, 6.45) is -1.01. The van der Waals surface area contributed by atoms with Crippen LogP contribution in [0, 0.1) is 0 Å². The van der Waals surface area contributed by atoms with Crippen LogP contribution in [0.2, 0.25) is 0 Å². The van der Waals surface area contributed by atoms with Gasteiger partial charge in [-0.2, -0.15) is 0 Å². The normalized spacial score (nSPS) is 16.5. The van der Waals surface area contributed by atoms with Crippen LogP contribution in [0.25, 0.3) is 0 Å². The quantitative estimate of drug-likeness (QED) is 0.0373. The fourth-order valence-electron chi connectivity index (χ4n) is 5.88. The lowest BCUT2D eigenvalue weighted by Crippen LogP contribution is -2.60. The van der Waals surface area contributed by atoms with Crippen LogP contribution in [0.3, 0.4) is 0 Å². The smallest absolute Gasteiger partial charge is 0.325 e. The number of H-pyrrole nitrogens is 1. The van der Waals surface area contributed by atoms with Gasteiger partial charge in [-0.3, -0.25) is 57.5 Å². The van der Waals surface area contributed by atoms with Gasteiger partial charge in [-0.25, -0.2) is 4.98 Å². The Kier molecular flexibility index (Phi) is 21.1. The molecule has 27 heteroatoms. The Morgan fingerprint density at radius 3 is 1.59 bits per heavy atom. The summed E-state index contributed by atoms with van der Waals surface area (Å²) in [5.74, 6) is -14.1. The number of primary amides is 1. The van der Waals surface area contributed by atoms with Crippen molar-refractivity contribution in [3.63, 3.8) is 0 Å². The highest BCUT2D eigenvalue weighted by molar-refractivity contribution is 5.98. The number of hydrogen-bond acceptors (Lipinski definition) is 14. The van der Waals surface area contributed by atoms with E-state index in [1.807, 2.05) is 0 Å². The minimum absolute atomic E-state index is 0.235. The number of aliphatic carboxylic acids is 4. The van der Waals surface area contributed by atoms with Crippen LogP contribution < -0.4 is 48.3 Å². The molecule has 1 aromatic rings. The van der Waals surface area contributed by atoms with Crippen molar-refractivity contribution in [2.75, 3.05) is 6.54 Å². The van der Waals surface area contributed by atoms with Crippen LogP contribution in [-0.4, -0.2) is 156 Å². The highest BCUT2D eigenvalue weighted by atomic mass is 16.4. The van der Waals surface area contributed by atoms with Gasteiger partial charge in [0.2, 0.25) is 47.3 Å². The standard InChI is InChI=1S/C36H53N11O16/c1-16(41-31(57)21(6-9-26(49)50)43-30(56)19-4-3-11-39-19)29(55)46-24(13-28(53)54)35(61)45-20(5-8-25(37)48)32(58)44-22(7-10-27(51)52)33(59)47-23(12-18-14-38-15-40-18)34(60)42-17(2)36(62)63/h14-17,19-24,39H,3-13H2,1-2H3,(H2,37,48)(H,38,40)(H,41,57)(H,42,60)(H,43,56)(H,44,58)(H,45,61)(H,46,55)(H,47,59)(H,49,50)(H,51,52)(H,53,54)(H,62,63)/t16-,17-,19-,20-,21-,22-,23-,24-/m0/s1. The van der Waals surface area contributed by atoms with Gasteiger partial charge in [-0.15, -0.1) is 0 Å².